The molecular weight excluding hydrogens is 436 g/mol. The predicted molar refractivity (Wildman–Crippen MR) is 117 cm³/mol. The molecule has 0 fully saturated rings. The van der Waals surface area contributed by atoms with Crippen molar-refractivity contribution in [1.29, 1.82) is 0 Å². The lowest BCUT2D eigenvalue weighted by atomic mass is 10.0. The van der Waals surface area contributed by atoms with Crippen molar-refractivity contribution in [2.24, 2.45) is 7.05 Å². The number of carbonyl (C=O) groups excluding carboxylic acids is 2. The van der Waals surface area contributed by atoms with Gasteiger partial charge in [-0.15, -0.1) is 0 Å². The van der Waals surface area contributed by atoms with E-state index in [1.165, 1.54) is 33.5 Å². The highest BCUT2D eigenvalue weighted by Crippen LogP contribution is 2.24. The van der Waals surface area contributed by atoms with E-state index >= 15 is 0 Å². The number of amides is 2. The van der Waals surface area contributed by atoms with E-state index in [4.69, 9.17) is 4.74 Å². The van der Waals surface area contributed by atoms with Crippen molar-refractivity contribution in [2.75, 3.05) is 13.3 Å². The molecule has 1 aliphatic rings. The number of carbonyl (C=O) groups is 2. The summed E-state index contributed by atoms with van der Waals surface area (Å²) in [4.78, 5) is 48.3. The van der Waals surface area contributed by atoms with E-state index < -0.39 is 34.0 Å². The summed E-state index contributed by atoms with van der Waals surface area (Å²) in [5, 5.41) is 2.50. The van der Waals surface area contributed by atoms with E-state index in [0.29, 0.717) is 11.3 Å². The zero-order valence-corrected chi connectivity index (χ0v) is 20.1. The Morgan fingerprint density at radius 1 is 1.31 bits per heavy atom. The number of nitrogens with one attached hydrogen (secondary N) is 1. The topological polar surface area (TPSA) is 128 Å². The number of aromatic nitrogens is 4. The van der Waals surface area contributed by atoms with Crippen molar-refractivity contribution in [3.63, 3.8) is 0 Å². The molecule has 1 unspecified atom stereocenters. The summed E-state index contributed by atoms with van der Waals surface area (Å²) in [6.45, 7) is 7.24. The van der Waals surface area contributed by atoms with Crippen molar-refractivity contribution < 1.29 is 18.5 Å². The molecule has 0 aromatic carbocycles. The fourth-order valence-electron chi connectivity index (χ4n) is 3.53. The Hall–Kier alpha value is -3.02. The third-order valence-electron chi connectivity index (χ3n) is 5.09. The Kier molecular flexibility index (Phi) is 6.27. The molecule has 0 bridgehead atoms. The van der Waals surface area contributed by atoms with E-state index in [0.717, 1.165) is 0 Å². The molecule has 32 heavy (non-hydrogen) atoms. The van der Waals surface area contributed by atoms with Gasteiger partial charge in [0.25, 0.3) is 11.5 Å². The van der Waals surface area contributed by atoms with Gasteiger partial charge in [-0.25, -0.2) is 19.3 Å². The second-order valence-electron chi connectivity index (χ2n) is 8.65. The maximum Gasteiger partial charge on any atom is 0.410 e. The summed E-state index contributed by atoms with van der Waals surface area (Å²) >= 11 is 0. The minimum Gasteiger partial charge on any atom is -0.444 e. The van der Waals surface area contributed by atoms with Gasteiger partial charge in [0.1, 0.15) is 11.4 Å². The van der Waals surface area contributed by atoms with Crippen LogP contribution in [-0.4, -0.2) is 65.2 Å². The van der Waals surface area contributed by atoms with Crippen LogP contribution in [0.1, 0.15) is 49.6 Å². The molecule has 2 aromatic heterocycles. The van der Waals surface area contributed by atoms with Gasteiger partial charge in [0.05, 0.1) is 29.2 Å². The normalized spacial score (nSPS) is 17.0. The van der Waals surface area contributed by atoms with Crippen molar-refractivity contribution in [3.05, 3.63) is 33.6 Å². The number of ether oxygens (including phenoxy) is 1. The van der Waals surface area contributed by atoms with Crippen LogP contribution in [0.4, 0.5) is 4.79 Å². The predicted octanol–water partition coefficient (Wildman–Crippen LogP) is 0.745. The second kappa shape index (κ2) is 8.49. The molecule has 0 saturated heterocycles. The average Bonchev–Trinajstić information content (AvgIpc) is 3.06. The SMILES string of the molecule is CNC(=O)c1ncc(-n2c(S(C)=O)nc3c(c2=O)C[C@@H](C)N(C(=O)OC(C)(C)C)C3)n1C. The van der Waals surface area contributed by atoms with Crippen LogP contribution >= 0.6 is 0 Å². The maximum absolute atomic E-state index is 13.5. The number of imidazole rings is 1. The molecule has 12 heteroatoms. The third kappa shape index (κ3) is 4.31. The highest BCUT2D eigenvalue weighted by Gasteiger charge is 2.34. The molecule has 1 aliphatic heterocycles. The molecule has 2 atom stereocenters. The minimum absolute atomic E-state index is 0.0129. The summed E-state index contributed by atoms with van der Waals surface area (Å²) in [6, 6.07) is -0.300. The monoisotopic (exact) mass is 464 g/mol. The van der Waals surface area contributed by atoms with Crippen LogP contribution in [0.2, 0.25) is 0 Å². The smallest absolute Gasteiger partial charge is 0.410 e. The van der Waals surface area contributed by atoms with Crippen molar-refractivity contribution in [1.82, 2.24) is 29.3 Å². The summed E-state index contributed by atoms with van der Waals surface area (Å²) in [5.41, 5.74) is -0.253. The van der Waals surface area contributed by atoms with Gasteiger partial charge in [0.2, 0.25) is 5.16 Å². The fourth-order valence-corrected chi connectivity index (χ4v) is 4.20. The summed E-state index contributed by atoms with van der Waals surface area (Å²) in [7, 11) is 1.44. The van der Waals surface area contributed by atoms with Gasteiger partial charge in [-0.1, -0.05) is 0 Å². The molecule has 3 rings (SSSR count). The molecule has 1 N–H and O–H groups in total. The molecule has 0 spiro atoms. The van der Waals surface area contributed by atoms with Crippen molar-refractivity contribution in [3.8, 4) is 5.82 Å². The zero-order chi connectivity index (χ0) is 24.0. The summed E-state index contributed by atoms with van der Waals surface area (Å²) < 4.78 is 20.7. The molecule has 0 saturated carbocycles. The Morgan fingerprint density at radius 3 is 2.53 bits per heavy atom. The molecule has 11 nitrogen and oxygen atoms in total. The number of fused-ring (bicyclic) bond motifs is 1. The average molecular weight is 465 g/mol. The zero-order valence-electron chi connectivity index (χ0n) is 19.3. The van der Waals surface area contributed by atoms with E-state index in [9.17, 15) is 18.6 Å². The standard InChI is InChI=1S/C20H28N6O5S/c1-11-8-12-13(10-25(11)19(29)31-20(2,3)4)23-18(32(7)30)26(17(12)28)14-9-22-15(24(14)6)16(27)21-5/h9,11H,8,10H2,1-7H3,(H,21,27)/t11-,32?/m1/s1. The van der Waals surface area contributed by atoms with Crippen LogP contribution in [0, 0.1) is 0 Å². The lowest BCUT2D eigenvalue weighted by Crippen LogP contribution is -2.48. The first-order chi connectivity index (χ1) is 14.9. The number of hydrogen-bond acceptors (Lipinski definition) is 7. The molecule has 0 aliphatic carbocycles. The van der Waals surface area contributed by atoms with Gasteiger partial charge in [-0.3, -0.25) is 18.7 Å². The van der Waals surface area contributed by atoms with E-state index in [1.54, 1.807) is 27.8 Å². The van der Waals surface area contributed by atoms with Gasteiger partial charge >= 0.3 is 6.09 Å². The minimum atomic E-state index is -1.63. The molecule has 3 heterocycles. The first-order valence-corrected chi connectivity index (χ1v) is 11.6. The van der Waals surface area contributed by atoms with Gasteiger partial charge in [0.15, 0.2) is 5.82 Å². The van der Waals surface area contributed by atoms with Crippen LogP contribution in [0.5, 0.6) is 0 Å². The van der Waals surface area contributed by atoms with Crippen molar-refractivity contribution >= 4 is 22.8 Å². The lowest BCUT2D eigenvalue weighted by Gasteiger charge is -2.35. The fraction of sp³-hybridized carbons (Fsp3) is 0.550. The number of rotatable bonds is 3. The molecule has 2 amide bonds. The highest BCUT2D eigenvalue weighted by atomic mass is 32.2. The van der Waals surface area contributed by atoms with Crippen molar-refractivity contribution in [2.45, 2.75) is 57.5 Å². The molecule has 174 valence electrons. The van der Waals surface area contributed by atoms with Crippen LogP contribution in [0.15, 0.2) is 16.1 Å². The molecule has 2 aromatic rings. The van der Waals surface area contributed by atoms with Crippen LogP contribution in [0.3, 0.4) is 0 Å². The Morgan fingerprint density at radius 2 is 1.97 bits per heavy atom. The number of nitrogens with zero attached hydrogens (tertiary/aromatic N) is 5. The largest absolute Gasteiger partial charge is 0.444 e. The second-order valence-corrected chi connectivity index (χ2v) is 9.93. The van der Waals surface area contributed by atoms with Gasteiger partial charge in [-0.05, 0) is 27.7 Å². The van der Waals surface area contributed by atoms with E-state index in [1.807, 2.05) is 6.92 Å². The van der Waals surface area contributed by atoms with Gasteiger partial charge < -0.3 is 14.6 Å². The third-order valence-corrected chi connectivity index (χ3v) is 5.88. The highest BCUT2D eigenvalue weighted by molar-refractivity contribution is 7.84. The molecule has 0 radical (unpaired) electrons. The molecular formula is C20H28N6O5S. The first kappa shape index (κ1) is 23.6. The van der Waals surface area contributed by atoms with E-state index in [2.05, 4.69) is 15.3 Å². The van der Waals surface area contributed by atoms with E-state index in [-0.39, 0.29) is 35.8 Å². The summed E-state index contributed by atoms with van der Waals surface area (Å²) in [5.74, 6) is -0.0423. The Bertz CT molecular complexity index is 1160. The maximum atomic E-state index is 13.5. The quantitative estimate of drug-likeness (QED) is 0.664. The first-order valence-electron chi connectivity index (χ1n) is 10.1. The Balaban J connectivity index is 2.13. The number of hydrogen-bond donors (Lipinski definition) is 1. The van der Waals surface area contributed by atoms with Crippen LogP contribution in [0.25, 0.3) is 5.82 Å². The van der Waals surface area contributed by atoms with Crippen LogP contribution < -0.4 is 10.9 Å². The van der Waals surface area contributed by atoms with Gasteiger partial charge in [-0.2, -0.15) is 0 Å². The lowest BCUT2D eigenvalue weighted by molar-refractivity contribution is 0.0132. The van der Waals surface area contributed by atoms with Gasteiger partial charge in [0, 0.05) is 38.4 Å². The van der Waals surface area contributed by atoms with Crippen LogP contribution in [-0.2, 0) is 35.5 Å². The Labute approximate surface area is 188 Å². The summed E-state index contributed by atoms with van der Waals surface area (Å²) in [6.07, 6.45) is 2.55.